The Hall–Kier alpha value is 0.430. The summed E-state index contributed by atoms with van der Waals surface area (Å²) in [4.78, 5) is 0. The topological polar surface area (TPSA) is 0 Å². The van der Waals surface area contributed by atoms with Crippen molar-refractivity contribution in [2.45, 2.75) is 82.4 Å². The predicted octanol–water partition coefficient (Wildman–Crippen LogP) is 6.14. The molecule has 23 heavy (non-hydrogen) atoms. The van der Waals surface area contributed by atoms with Gasteiger partial charge in [0, 0.05) is 0 Å². The second-order valence-corrected chi connectivity index (χ2v) is 13.5. The Morgan fingerprint density at radius 3 is 1.09 bits per heavy atom. The molecule has 0 aliphatic heterocycles. The smallest absolute Gasteiger partial charge is 0.0149 e. The van der Waals surface area contributed by atoms with E-state index in [0.717, 1.165) is 0 Å². The number of rotatable bonds is 3. The zero-order valence-electron chi connectivity index (χ0n) is 15.0. The van der Waals surface area contributed by atoms with Gasteiger partial charge in [0.1, 0.15) is 0 Å². The minimum Gasteiger partial charge on any atom is -0.0995 e. The van der Waals surface area contributed by atoms with Crippen molar-refractivity contribution in [1.82, 2.24) is 0 Å². The van der Waals surface area contributed by atoms with E-state index < -0.39 is 0 Å². The van der Waals surface area contributed by atoms with E-state index in [2.05, 4.69) is 6.92 Å². The van der Waals surface area contributed by atoms with Crippen LogP contribution in [0, 0.1) is 47.3 Å². The van der Waals surface area contributed by atoms with Crippen molar-refractivity contribution >= 4 is 7.92 Å². The monoisotopic (exact) mass is 330 g/mol. The zero-order valence-corrected chi connectivity index (χ0v) is 15.9. The Balaban J connectivity index is 1.30. The molecule has 0 atom stereocenters. The fourth-order valence-electron chi connectivity index (χ4n) is 9.50. The van der Waals surface area contributed by atoms with Crippen LogP contribution in [-0.2, 0) is 0 Å². The molecule has 128 valence electrons. The van der Waals surface area contributed by atoms with Crippen LogP contribution in [0.1, 0.15) is 71.1 Å². The van der Waals surface area contributed by atoms with Crippen LogP contribution < -0.4 is 0 Å². The van der Waals surface area contributed by atoms with Gasteiger partial charge in [0.05, 0.1) is 0 Å². The number of hydrogen-bond acceptors (Lipinski definition) is 0. The van der Waals surface area contributed by atoms with Gasteiger partial charge in [-0.3, -0.25) is 0 Å². The number of hydrogen-bond donors (Lipinski definition) is 0. The average Bonchev–Trinajstić information content (AvgIpc) is 2.50. The van der Waals surface area contributed by atoms with Crippen LogP contribution in [0.2, 0.25) is 0 Å². The van der Waals surface area contributed by atoms with Gasteiger partial charge in [-0.05, 0) is 129 Å². The van der Waals surface area contributed by atoms with Crippen molar-refractivity contribution in [1.29, 1.82) is 0 Å². The summed E-state index contributed by atoms with van der Waals surface area (Å²) in [7, 11) is 0.342. The maximum atomic E-state index is 2.60. The quantitative estimate of drug-likeness (QED) is 0.545. The lowest BCUT2D eigenvalue weighted by Gasteiger charge is -2.62. The van der Waals surface area contributed by atoms with E-state index in [1.54, 1.807) is 70.4 Å². The van der Waals surface area contributed by atoms with Crippen LogP contribution >= 0.6 is 7.92 Å². The summed E-state index contributed by atoms with van der Waals surface area (Å²) in [5, 5.41) is 0. The van der Waals surface area contributed by atoms with Gasteiger partial charge in [-0.15, -0.1) is 0 Å². The molecule has 8 aliphatic carbocycles. The highest BCUT2D eigenvalue weighted by atomic mass is 31.1. The maximum absolute atomic E-state index is 2.60. The van der Waals surface area contributed by atoms with E-state index >= 15 is 0 Å². The molecule has 1 heteroatoms. The molecule has 0 heterocycles. The first-order valence-corrected chi connectivity index (χ1v) is 12.7. The Kier molecular flexibility index (Phi) is 3.31. The van der Waals surface area contributed by atoms with Crippen molar-refractivity contribution in [3.63, 3.8) is 0 Å². The molecule has 0 nitrogen and oxygen atoms in total. The van der Waals surface area contributed by atoms with Crippen LogP contribution in [0.15, 0.2) is 0 Å². The zero-order chi connectivity index (χ0) is 15.1. The Labute approximate surface area is 144 Å². The lowest BCUT2D eigenvalue weighted by atomic mass is 9.55. The van der Waals surface area contributed by atoms with Crippen LogP contribution in [-0.4, -0.2) is 17.5 Å². The fourth-order valence-corrected chi connectivity index (χ4v) is 13.9. The normalized spacial score (nSPS) is 60.4. The highest BCUT2D eigenvalue weighted by Crippen LogP contribution is 2.70. The average molecular weight is 330 g/mol. The van der Waals surface area contributed by atoms with Gasteiger partial charge in [0.2, 0.25) is 0 Å². The maximum Gasteiger partial charge on any atom is -0.0149 e. The van der Waals surface area contributed by atoms with E-state index in [-0.39, 0.29) is 0 Å². The van der Waals surface area contributed by atoms with Gasteiger partial charge in [-0.2, -0.15) is 0 Å². The summed E-state index contributed by atoms with van der Waals surface area (Å²) >= 11 is 0. The molecule has 0 aromatic carbocycles. The molecule has 8 saturated carbocycles. The summed E-state index contributed by atoms with van der Waals surface area (Å²) in [6, 6.07) is 0. The first-order valence-electron chi connectivity index (χ1n) is 11.0. The fraction of sp³-hybridized carbons (Fsp3) is 1.00. The lowest BCUT2D eigenvalue weighted by molar-refractivity contribution is 0.0130. The first-order chi connectivity index (χ1) is 11.3. The van der Waals surface area contributed by atoms with Gasteiger partial charge >= 0.3 is 0 Å². The molecule has 0 N–H and O–H groups in total. The van der Waals surface area contributed by atoms with Crippen molar-refractivity contribution in [3.8, 4) is 0 Å². The van der Waals surface area contributed by atoms with Gasteiger partial charge < -0.3 is 0 Å². The summed E-state index contributed by atoms with van der Waals surface area (Å²) < 4.78 is 0. The SMILES string of the molecule is CCP(C1C2CC3CC(C2)CC1C3)C1C2CC3CC(C2)CC1C3. The van der Waals surface area contributed by atoms with Crippen molar-refractivity contribution in [3.05, 3.63) is 0 Å². The third kappa shape index (κ3) is 2.12. The Morgan fingerprint density at radius 1 is 0.522 bits per heavy atom. The minimum absolute atomic E-state index is 0.342. The van der Waals surface area contributed by atoms with Gasteiger partial charge in [0.15, 0.2) is 0 Å². The second kappa shape index (κ2) is 5.22. The third-order valence-electron chi connectivity index (χ3n) is 9.48. The molecule has 0 unspecified atom stereocenters. The van der Waals surface area contributed by atoms with Crippen LogP contribution in [0.3, 0.4) is 0 Å². The van der Waals surface area contributed by atoms with Crippen LogP contribution in [0.4, 0.5) is 0 Å². The van der Waals surface area contributed by atoms with Gasteiger partial charge in [-0.25, -0.2) is 0 Å². The lowest BCUT2D eigenvalue weighted by Crippen LogP contribution is -2.52. The predicted molar refractivity (Wildman–Crippen MR) is 99.1 cm³/mol. The highest BCUT2D eigenvalue weighted by Gasteiger charge is 2.56. The molecule has 0 amide bonds. The largest absolute Gasteiger partial charge is 0.0995 e. The minimum atomic E-state index is 0.342. The van der Waals surface area contributed by atoms with Gasteiger partial charge in [0.25, 0.3) is 0 Å². The van der Waals surface area contributed by atoms with E-state index in [1.807, 2.05) is 0 Å². The molecule has 0 aromatic rings. The Morgan fingerprint density at radius 2 is 0.826 bits per heavy atom. The molecule has 0 saturated heterocycles. The molecule has 8 rings (SSSR count). The van der Waals surface area contributed by atoms with Crippen molar-refractivity contribution < 1.29 is 0 Å². The summed E-state index contributed by atoms with van der Waals surface area (Å²) in [6.07, 6.45) is 18.1. The second-order valence-electron chi connectivity index (χ2n) is 10.7. The van der Waals surface area contributed by atoms with Crippen molar-refractivity contribution in [2.24, 2.45) is 47.3 Å². The molecule has 0 radical (unpaired) electrons. The summed E-state index contributed by atoms with van der Waals surface area (Å²) in [5.74, 6) is 9.43. The van der Waals surface area contributed by atoms with Gasteiger partial charge in [-0.1, -0.05) is 14.8 Å². The molecule has 8 aliphatic rings. The third-order valence-corrected chi connectivity index (χ3v) is 13.4. The summed E-state index contributed by atoms with van der Waals surface area (Å²) in [6.45, 7) is 2.60. The summed E-state index contributed by atoms with van der Waals surface area (Å²) in [5.41, 5.74) is 2.45. The molecule has 8 fully saturated rings. The molecule has 0 spiro atoms. The Bertz CT molecular complexity index is 384. The van der Waals surface area contributed by atoms with E-state index in [4.69, 9.17) is 0 Å². The van der Waals surface area contributed by atoms with Crippen LogP contribution in [0.5, 0.6) is 0 Å². The standard InChI is InChI=1S/C22H35P/c1-2-23(21-17-5-13-3-14(7-17)8-18(21)6-13)22-19-9-15-4-16(11-19)12-20(22)10-15/h13-22H,2-12H2,1H3. The van der Waals surface area contributed by atoms with Crippen LogP contribution in [0.25, 0.3) is 0 Å². The highest BCUT2D eigenvalue weighted by molar-refractivity contribution is 7.59. The van der Waals surface area contributed by atoms with E-state index in [9.17, 15) is 0 Å². The molecular formula is C22H35P. The molecule has 8 bridgehead atoms. The molecular weight excluding hydrogens is 295 g/mol. The van der Waals surface area contributed by atoms with E-state index in [0.29, 0.717) is 7.92 Å². The first kappa shape index (κ1) is 14.6. The van der Waals surface area contributed by atoms with Crippen molar-refractivity contribution in [2.75, 3.05) is 6.16 Å². The molecule has 0 aromatic heterocycles. The van der Waals surface area contributed by atoms with E-state index in [1.165, 1.54) is 58.7 Å².